The molecule has 1 N–H and O–H groups in total. The largest absolute Gasteiger partial charge is 0.462 e. The summed E-state index contributed by atoms with van der Waals surface area (Å²) in [5.41, 5.74) is 0.117. The Morgan fingerprint density at radius 1 is 0.980 bits per heavy atom. The zero-order valence-electron chi connectivity index (χ0n) is 30.0. The monoisotopic (exact) mass is 717 g/mol. The molecule has 1 heterocycles. The maximum Gasteiger partial charge on any atom is 0.306 e. The van der Waals surface area contributed by atoms with Crippen molar-refractivity contribution in [3.8, 4) is 11.1 Å². The van der Waals surface area contributed by atoms with Crippen LogP contribution in [0.3, 0.4) is 0 Å². The number of ketones is 1. The van der Waals surface area contributed by atoms with Crippen molar-refractivity contribution in [2.75, 3.05) is 19.8 Å². The summed E-state index contributed by atoms with van der Waals surface area (Å²) in [7, 11) is -4.14. The van der Waals surface area contributed by atoms with Gasteiger partial charge in [0, 0.05) is 19.5 Å². The van der Waals surface area contributed by atoms with E-state index >= 15 is 0 Å². The Morgan fingerprint density at radius 3 is 2.22 bits per heavy atom. The number of Topliss-reactive ketones (excluding diaryl/α,β-unsaturated/α-hetero) is 1. The number of hydrogen-bond donors (Lipinski definition) is 1. The van der Waals surface area contributed by atoms with Crippen molar-refractivity contribution < 1.29 is 32.3 Å². The van der Waals surface area contributed by atoms with Gasteiger partial charge in [0.25, 0.3) is 0 Å². The van der Waals surface area contributed by atoms with Crippen molar-refractivity contribution in [1.82, 2.24) is 14.5 Å². The predicted octanol–water partition coefficient (Wildman–Crippen LogP) is 5.73. The molecule has 4 atom stereocenters. The van der Waals surface area contributed by atoms with E-state index in [0.29, 0.717) is 18.9 Å². The van der Waals surface area contributed by atoms with Crippen molar-refractivity contribution in [1.29, 1.82) is 0 Å². The summed E-state index contributed by atoms with van der Waals surface area (Å²) in [5.74, 6) is -2.14. The molecule has 0 spiro atoms. The second-order valence-electron chi connectivity index (χ2n) is 16.0. The zero-order chi connectivity index (χ0) is 36.6. The number of rotatable bonds is 14. The smallest absolute Gasteiger partial charge is 0.306 e. The van der Waals surface area contributed by atoms with E-state index in [4.69, 9.17) is 4.74 Å². The Hall–Kier alpha value is -3.83. The molecule has 11 heteroatoms. The standard InChI is InChI=1S/C40H51N3O7S/c1-5-30-22-40(30,38(47)41-24-27-15-16-27)23-35(44)34-25-42(51(48,49)32-19-17-29(18-20-32)28-11-7-6-8-12-28)26-43(34)37(46)33(39(2,3)4)21-36(45)50-31-13-9-10-14-31/h5-8,11-12,17-20,27,30-31,33-34H,1,9-10,13-16,21-26H2,2-4H3,(H,41,47)/t30-,33-,34+,40-/m1/s1. The molecule has 10 nitrogen and oxygen atoms in total. The minimum absolute atomic E-state index is 0.0417. The first-order chi connectivity index (χ1) is 24.2. The van der Waals surface area contributed by atoms with Crippen molar-refractivity contribution in [2.45, 2.75) is 95.6 Å². The van der Waals surface area contributed by atoms with E-state index in [1.807, 2.05) is 51.1 Å². The average molecular weight is 718 g/mol. The molecule has 3 aliphatic carbocycles. The minimum atomic E-state index is -4.14. The number of hydrogen-bond acceptors (Lipinski definition) is 7. The third-order valence-electron chi connectivity index (χ3n) is 11.2. The Bertz CT molecular complexity index is 1740. The van der Waals surface area contributed by atoms with E-state index in [1.54, 1.807) is 18.2 Å². The van der Waals surface area contributed by atoms with Crippen LogP contribution in [0.15, 0.2) is 72.1 Å². The fraction of sp³-hybridized carbons (Fsp3) is 0.550. The molecule has 4 aliphatic rings. The topological polar surface area (TPSA) is 130 Å². The Labute approximate surface area is 302 Å². The quantitative estimate of drug-likeness (QED) is 0.195. The van der Waals surface area contributed by atoms with Crippen molar-refractivity contribution in [3.63, 3.8) is 0 Å². The molecule has 2 aromatic carbocycles. The van der Waals surface area contributed by atoms with Crippen molar-refractivity contribution in [3.05, 3.63) is 67.3 Å². The summed E-state index contributed by atoms with van der Waals surface area (Å²) in [5, 5.41) is 3.02. The van der Waals surface area contributed by atoms with Crippen LogP contribution in [0, 0.1) is 28.6 Å². The van der Waals surface area contributed by atoms with Crippen LogP contribution in [0.1, 0.15) is 78.6 Å². The summed E-state index contributed by atoms with van der Waals surface area (Å²) in [6.07, 6.45) is 7.38. The molecule has 274 valence electrons. The van der Waals surface area contributed by atoms with Crippen LogP contribution in [0.25, 0.3) is 11.1 Å². The van der Waals surface area contributed by atoms with Gasteiger partial charge < -0.3 is 15.0 Å². The maximum absolute atomic E-state index is 14.6. The molecule has 51 heavy (non-hydrogen) atoms. The first kappa shape index (κ1) is 36.9. The van der Waals surface area contributed by atoms with Crippen LogP contribution in [0.4, 0.5) is 0 Å². The highest BCUT2D eigenvalue weighted by Gasteiger charge is 2.60. The molecule has 3 saturated carbocycles. The highest BCUT2D eigenvalue weighted by molar-refractivity contribution is 7.89. The van der Waals surface area contributed by atoms with E-state index in [-0.39, 0.29) is 54.7 Å². The SMILES string of the molecule is C=C[C@@H]1C[C@]1(CC(=O)[C@@H]1CN(S(=O)(=O)c2ccc(-c3ccccc3)cc2)CN1C(=O)[C@@H](CC(=O)OC1CCCC1)C(C)(C)C)C(=O)NCC1CC1. The fourth-order valence-corrected chi connectivity index (χ4v) is 9.00. The summed E-state index contributed by atoms with van der Waals surface area (Å²) in [6, 6.07) is 15.0. The van der Waals surface area contributed by atoms with Gasteiger partial charge in [-0.3, -0.25) is 19.2 Å². The molecule has 2 aromatic rings. The first-order valence-electron chi connectivity index (χ1n) is 18.3. The lowest BCUT2D eigenvalue weighted by atomic mass is 9.77. The molecule has 0 aromatic heterocycles. The van der Waals surface area contributed by atoms with Crippen LogP contribution in [-0.4, -0.2) is 73.1 Å². The van der Waals surface area contributed by atoms with Gasteiger partial charge in [0.2, 0.25) is 21.8 Å². The van der Waals surface area contributed by atoms with E-state index < -0.39 is 44.7 Å². The molecule has 4 fully saturated rings. The van der Waals surface area contributed by atoms with Gasteiger partial charge in [-0.05, 0) is 85.5 Å². The number of carbonyl (C=O) groups is 4. The Kier molecular flexibility index (Phi) is 10.6. The number of nitrogens with one attached hydrogen (secondary N) is 1. The predicted molar refractivity (Wildman–Crippen MR) is 193 cm³/mol. The molecule has 0 radical (unpaired) electrons. The first-order valence-corrected chi connectivity index (χ1v) is 19.8. The van der Waals surface area contributed by atoms with Crippen LogP contribution in [0.5, 0.6) is 0 Å². The molecular weight excluding hydrogens is 667 g/mol. The average Bonchev–Trinajstić information content (AvgIpc) is 3.95. The Balaban J connectivity index is 1.27. The number of esters is 1. The third-order valence-corrected chi connectivity index (χ3v) is 13.1. The van der Waals surface area contributed by atoms with E-state index in [2.05, 4.69) is 11.9 Å². The highest BCUT2D eigenvalue weighted by atomic mass is 32.2. The number of nitrogens with zero attached hydrogens (tertiary/aromatic N) is 2. The number of ether oxygens (including phenoxy) is 1. The summed E-state index contributed by atoms with van der Waals surface area (Å²) in [6.45, 7) is 9.40. The van der Waals surface area contributed by atoms with Crippen LogP contribution >= 0.6 is 0 Å². The number of benzene rings is 2. The zero-order valence-corrected chi connectivity index (χ0v) is 30.8. The Morgan fingerprint density at radius 2 is 1.63 bits per heavy atom. The van der Waals surface area contributed by atoms with Gasteiger partial charge in [-0.1, -0.05) is 69.3 Å². The number of carbonyl (C=O) groups excluding carboxylic acids is 4. The molecule has 0 bridgehead atoms. The fourth-order valence-electron chi connectivity index (χ4n) is 7.61. The normalized spacial score (nSPS) is 24.6. The van der Waals surface area contributed by atoms with Gasteiger partial charge >= 0.3 is 5.97 Å². The summed E-state index contributed by atoms with van der Waals surface area (Å²) in [4.78, 5) is 56.9. The maximum atomic E-state index is 14.6. The molecule has 0 unspecified atom stereocenters. The van der Waals surface area contributed by atoms with Gasteiger partial charge in [-0.25, -0.2) is 8.42 Å². The van der Waals surface area contributed by atoms with E-state index in [1.165, 1.54) is 21.3 Å². The van der Waals surface area contributed by atoms with Gasteiger partial charge in [-0.15, -0.1) is 6.58 Å². The van der Waals surface area contributed by atoms with Crippen LogP contribution < -0.4 is 5.32 Å². The molecular formula is C40H51N3O7S. The lowest BCUT2D eigenvalue weighted by Crippen LogP contribution is -2.49. The number of amides is 2. The van der Waals surface area contributed by atoms with Gasteiger partial charge in [0.05, 0.1) is 29.3 Å². The molecule has 6 rings (SSSR count). The van der Waals surface area contributed by atoms with Gasteiger partial charge in [0.15, 0.2) is 5.78 Å². The lowest BCUT2D eigenvalue weighted by Gasteiger charge is -2.34. The number of allylic oxidation sites excluding steroid dienone is 1. The summed E-state index contributed by atoms with van der Waals surface area (Å²) >= 11 is 0. The van der Waals surface area contributed by atoms with E-state index in [9.17, 15) is 27.6 Å². The minimum Gasteiger partial charge on any atom is -0.462 e. The van der Waals surface area contributed by atoms with Crippen molar-refractivity contribution >= 4 is 33.6 Å². The van der Waals surface area contributed by atoms with Crippen molar-refractivity contribution in [2.24, 2.45) is 28.6 Å². The molecule has 1 saturated heterocycles. The molecule has 2 amide bonds. The second kappa shape index (κ2) is 14.7. The lowest BCUT2D eigenvalue weighted by molar-refractivity contribution is -0.156. The summed E-state index contributed by atoms with van der Waals surface area (Å²) < 4.78 is 35.2. The van der Waals surface area contributed by atoms with Crippen LogP contribution in [-0.2, 0) is 33.9 Å². The number of sulfonamides is 1. The third kappa shape index (κ3) is 8.14. The molecule has 1 aliphatic heterocycles. The van der Waals surface area contributed by atoms with Crippen LogP contribution in [0.2, 0.25) is 0 Å². The van der Waals surface area contributed by atoms with Gasteiger partial charge in [0.1, 0.15) is 12.1 Å². The van der Waals surface area contributed by atoms with Gasteiger partial charge in [-0.2, -0.15) is 4.31 Å². The second-order valence-corrected chi connectivity index (χ2v) is 18.0. The van der Waals surface area contributed by atoms with E-state index in [0.717, 1.165) is 49.7 Å². The highest BCUT2D eigenvalue weighted by Crippen LogP contribution is 2.57.